The molecule has 0 amide bonds. The van der Waals surface area contributed by atoms with E-state index >= 15 is 0 Å². The summed E-state index contributed by atoms with van der Waals surface area (Å²) in [6, 6.07) is 0. The normalized spacial score (nSPS) is 17.5. The summed E-state index contributed by atoms with van der Waals surface area (Å²) >= 11 is 1.68. The van der Waals surface area contributed by atoms with Gasteiger partial charge < -0.3 is 10.2 Å². The molecule has 0 aliphatic heterocycles. The lowest BCUT2D eigenvalue weighted by atomic mass is 9.79. The molecule has 1 aliphatic rings. The number of fused-ring (bicyclic) bond motifs is 1. The summed E-state index contributed by atoms with van der Waals surface area (Å²) in [5, 5.41) is 1.03. The van der Waals surface area contributed by atoms with Crippen molar-refractivity contribution in [3.8, 4) is 0 Å². The first-order valence-electron chi connectivity index (χ1n) is 6.41. The number of thiophene rings is 1. The molecule has 3 N–H and O–H groups in total. The van der Waals surface area contributed by atoms with E-state index in [0.29, 0.717) is 5.82 Å². The Balaban J connectivity index is 2.23. The molecule has 0 atom stereocenters. The minimum Gasteiger partial charge on any atom is -0.370 e. The van der Waals surface area contributed by atoms with Crippen LogP contribution in [-0.2, 0) is 10.3 Å². The Morgan fingerprint density at radius 3 is 2.58 bits per heavy atom. The SMILES string of the molecule is COC1(c2nc(NN)c3c(C)c(C)sc3n2)CCC1. The molecule has 5 nitrogen and oxygen atoms in total. The molecule has 0 saturated heterocycles. The van der Waals surface area contributed by atoms with Gasteiger partial charge in [0.1, 0.15) is 10.4 Å². The number of hydrogen-bond donors (Lipinski definition) is 2. The Hall–Kier alpha value is -1.24. The molecule has 19 heavy (non-hydrogen) atoms. The highest BCUT2D eigenvalue weighted by molar-refractivity contribution is 7.18. The van der Waals surface area contributed by atoms with E-state index in [1.165, 1.54) is 10.4 Å². The molecular formula is C13H18N4OS. The largest absolute Gasteiger partial charge is 0.370 e. The van der Waals surface area contributed by atoms with Crippen LogP contribution in [0.1, 0.15) is 35.5 Å². The number of rotatable bonds is 3. The Bertz CT molecular complexity index is 628. The zero-order chi connectivity index (χ0) is 13.6. The van der Waals surface area contributed by atoms with Gasteiger partial charge >= 0.3 is 0 Å². The van der Waals surface area contributed by atoms with Gasteiger partial charge in [-0.25, -0.2) is 15.8 Å². The fraction of sp³-hybridized carbons (Fsp3) is 0.538. The van der Waals surface area contributed by atoms with Crippen LogP contribution < -0.4 is 11.3 Å². The van der Waals surface area contributed by atoms with Gasteiger partial charge in [0.2, 0.25) is 0 Å². The van der Waals surface area contributed by atoms with E-state index in [2.05, 4.69) is 24.3 Å². The number of nitrogens with zero attached hydrogens (tertiary/aromatic N) is 2. The zero-order valence-corrected chi connectivity index (χ0v) is 12.2. The summed E-state index contributed by atoms with van der Waals surface area (Å²) in [7, 11) is 1.73. The minimum absolute atomic E-state index is 0.314. The molecule has 102 valence electrons. The van der Waals surface area contributed by atoms with E-state index in [1.54, 1.807) is 18.4 Å². The van der Waals surface area contributed by atoms with Crippen LogP contribution in [0.15, 0.2) is 0 Å². The number of anilines is 1. The summed E-state index contributed by atoms with van der Waals surface area (Å²) in [5.74, 6) is 7.08. The summed E-state index contributed by atoms with van der Waals surface area (Å²) in [6.45, 7) is 4.17. The van der Waals surface area contributed by atoms with Gasteiger partial charge in [-0.15, -0.1) is 11.3 Å². The number of aromatic nitrogens is 2. The third kappa shape index (κ3) is 1.74. The third-order valence-corrected chi connectivity index (χ3v) is 5.23. The molecule has 0 aromatic carbocycles. The molecule has 1 saturated carbocycles. The second-order valence-corrected chi connectivity index (χ2v) is 6.26. The molecule has 2 aromatic heterocycles. The van der Waals surface area contributed by atoms with Crippen LogP contribution in [-0.4, -0.2) is 17.1 Å². The fourth-order valence-corrected chi connectivity index (χ4v) is 3.60. The van der Waals surface area contributed by atoms with Crippen molar-refractivity contribution in [2.75, 3.05) is 12.5 Å². The number of methoxy groups -OCH3 is 1. The second kappa shape index (κ2) is 4.40. The molecule has 1 aliphatic carbocycles. The second-order valence-electron chi connectivity index (χ2n) is 5.06. The zero-order valence-electron chi connectivity index (χ0n) is 11.4. The maximum atomic E-state index is 5.66. The molecule has 1 fully saturated rings. The number of nitrogens with two attached hydrogens (primary N) is 1. The van der Waals surface area contributed by atoms with Gasteiger partial charge in [0.15, 0.2) is 11.6 Å². The molecular weight excluding hydrogens is 260 g/mol. The smallest absolute Gasteiger partial charge is 0.164 e. The Morgan fingerprint density at radius 1 is 1.32 bits per heavy atom. The fourth-order valence-electron chi connectivity index (χ4n) is 2.57. The van der Waals surface area contributed by atoms with Crippen LogP contribution in [0, 0.1) is 13.8 Å². The number of nitrogen functional groups attached to an aromatic ring is 1. The van der Waals surface area contributed by atoms with Crippen LogP contribution in [0.2, 0.25) is 0 Å². The molecule has 2 aromatic rings. The topological polar surface area (TPSA) is 73.1 Å². The standard InChI is InChI=1S/C13H18N4OS/c1-7-8(2)19-11-9(7)10(17-14)15-12(16-11)13(18-3)5-4-6-13/h4-6,14H2,1-3H3,(H,15,16,17). The van der Waals surface area contributed by atoms with Gasteiger partial charge in [0, 0.05) is 12.0 Å². The Kier molecular flexibility index (Phi) is 2.96. The molecule has 0 spiro atoms. The highest BCUT2D eigenvalue weighted by Gasteiger charge is 2.42. The quantitative estimate of drug-likeness (QED) is 0.667. The van der Waals surface area contributed by atoms with E-state index in [9.17, 15) is 0 Å². The maximum Gasteiger partial charge on any atom is 0.164 e. The lowest BCUT2D eigenvalue weighted by molar-refractivity contribution is -0.0843. The first kappa shape index (κ1) is 12.8. The monoisotopic (exact) mass is 278 g/mol. The lowest BCUT2D eigenvalue weighted by Crippen LogP contribution is -2.38. The van der Waals surface area contributed by atoms with Gasteiger partial charge in [-0.3, -0.25) is 0 Å². The van der Waals surface area contributed by atoms with E-state index in [4.69, 9.17) is 15.6 Å². The van der Waals surface area contributed by atoms with Crippen molar-refractivity contribution < 1.29 is 4.74 Å². The first-order valence-corrected chi connectivity index (χ1v) is 7.23. The van der Waals surface area contributed by atoms with Crippen LogP contribution >= 0.6 is 11.3 Å². The van der Waals surface area contributed by atoms with Crippen molar-refractivity contribution >= 4 is 27.4 Å². The van der Waals surface area contributed by atoms with Crippen molar-refractivity contribution in [1.29, 1.82) is 0 Å². The molecule has 0 radical (unpaired) electrons. The summed E-state index contributed by atoms with van der Waals surface area (Å²) in [4.78, 5) is 11.5. The Labute approximate surface area is 116 Å². The van der Waals surface area contributed by atoms with Gasteiger partial charge in [-0.2, -0.15) is 0 Å². The Morgan fingerprint density at radius 2 is 2.05 bits per heavy atom. The average Bonchev–Trinajstić information content (AvgIpc) is 2.64. The molecule has 0 bridgehead atoms. The third-order valence-electron chi connectivity index (χ3n) is 4.12. The molecule has 6 heteroatoms. The number of hydrogen-bond acceptors (Lipinski definition) is 6. The van der Waals surface area contributed by atoms with Crippen molar-refractivity contribution in [3.63, 3.8) is 0 Å². The highest BCUT2D eigenvalue weighted by atomic mass is 32.1. The van der Waals surface area contributed by atoms with Crippen LogP contribution in [0.5, 0.6) is 0 Å². The highest BCUT2D eigenvalue weighted by Crippen LogP contribution is 2.44. The van der Waals surface area contributed by atoms with Crippen molar-refractivity contribution in [3.05, 3.63) is 16.3 Å². The van der Waals surface area contributed by atoms with Crippen LogP contribution in [0.3, 0.4) is 0 Å². The van der Waals surface area contributed by atoms with E-state index in [0.717, 1.165) is 35.3 Å². The molecule has 2 heterocycles. The number of ether oxygens (including phenoxy) is 1. The van der Waals surface area contributed by atoms with Crippen molar-refractivity contribution in [2.24, 2.45) is 5.84 Å². The lowest BCUT2D eigenvalue weighted by Gasteiger charge is -2.38. The van der Waals surface area contributed by atoms with Crippen LogP contribution in [0.4, 0.5) is 5.82 Å². The van der Waals surface area contributed by atoms with E-state index in [-0.39, 0.29) is 5.60 Å². The van der Waals surface area contributed by atoms with Crippen LogP contribution in [0.25, 0.3) is 10.2 Å². The number of nitrogens with one attached hydrogen (secondary N) is 1. The van der Waals surface area contributed by atoms with Crippen molar-refractivity contribution in [2.45, 2.75) is 38.7 Å². The predicted molar refractivity (Wildman–Crippen MR) is 77.2 cm³/mol. The summed E-state index contributed by atoms with van der Waals surface area (Å²) < 4.78 is 5.66. The summed E-state index contributed by atoms with van der Waals surface area (Å²) in [5.41, 5.74) is 3.59. The maximum absolute atomic E-state index is 5.66. The minimum atomic E-state index is -0.314. The first-order chi connectivity index (χ1) is 9.11. The van der Waals surface area contributed by atoms with Gasteiger partial charge in [-0.1, -0.05) is 0 Å². The summed E-state index contributed by atoms with van der Waals surface area (Å²) in [6.07, 6.45) is 3.10. The number of aryl methyl sites for hydroxylation is 2. The molecule has 0 unspecified atom stereocenters. The molecule has 3 rings (SSSR count). The van der Waals surface area contributed by atoms with Gasteiger partial charge in [0.25, 0.3) is 0 Å². The van der Waals surface area contributed by atoms with Gasteiger partial charge in [0.05, 0.1) is 5.39 Å². The van der Waals surface area contributed by atoms with E-state index < -0.39 is 0 Å². The average molecular weight is 278 g/mol. The predicted octanol–water partition coefficient (Wildman–Crippen LogP) is 2.62. The van der Waals surface area contributed by atoms with Crippen molar-refractivity contribution in [1.82, 2.24) is 9.97 Å². The van der Waals surface area contributed by atoms with E-state index in [1.807, 2.05) is 0 Å². The van der Waals surface area contributed by atoms with Gasteiger partial charge in [-0.05, 0) is 38.7 Å². The number of hydrazine groups is 1.